The lowest BCUT2D eigenvalue weighted by Gasteiger charge is -2.20. The number of hydrogen-bond donors (Lipinski definition) is 2. The lowest BCUT2D eigenvalue weighted by molar-refractivity contribution is -0.141. The van der Waals surface area contributed by atoms with Crippen LogP contribution in [0.15, 0.2) is 48.5 Å². The van der Waals surface area contributed by atoms with Crippen molar-refractivity contribution in [2.75, 3.05) is 13.2 Å². The Kier molecular flexibility index (Phi) is 6.25. The number of rotatable bonds is 6. The van der Waals surface area contributed by atoms with Crippen molar-refractivity contribution in [1.29, 1.82) is 0 Å². The van der Waals surface area contributed by atoms with E-state index in [-0.39, 0.29) is 25.0 Å². The molecule has 2 N–H and O–H groups in total. The lowest BCUT2D eigenvalue weighted by atomic mass is 9.98. The Balaban J connectivity index is 1.20. The SMILES string of the molecule is Cc1nc(CNC(=O)OCC2c3ccccc3-c3ccccc32)sc1C(=O)N1CCC[C@H]1C(=O)O. The van der Waals surface area contributed by atoms with Crippen molar-refractivity contribution in [2.24, 2.45) is 0 Å². The number of carboxylic acid groups (broad SMARTS) is 1. The Morgan fingerprint density at radius 2 is 1.77 bits per heavy atom. The number of nitrogens with zero attached hydrogens (tertiary/aromatic N) is 2. The molecule has 1 aliphatic carbocycles. The Morgan fingerprint density at radius 3 is 2.43 bits per heavy atom. The van der Waals surface area contributed by atoms with Gasteiger partial charge in [-0.15, -0.1) is 11.3 Å². The maximum Gasteiger partial charge on any atom is 0.407 e. The van der Waals surface area contributed by atoms with Gasteiger partial charge in [0.1, 0.15) is 22.5 Å². The first-order chi connectivity index (χ1) is 16.9. The number of carbonyl (C=O) groups excluding carboxylic acids is 2. The van der Waals surface area contributed by atoms with Gasteiger partial charge in [0.15, 0.2) is 0 Å². The molecule has 3 aromatic rings. The summed E-state index contributed by atoms with van der Waals surface area (Å²) in [5.41, 5.74) is 5.13. The zero-order valence-corrected chi connectivity index (χ0v) is 20.0. The summed E-state index contributed by atoms with van der Waals surface area (Å²) in [7, 11) is 0. The van der Waals surface area contributed by atoms with Crippen LogP contribution in [0.2, 0.25) is 0 Å². The van der Waals surface area contributed by atoms with E-state index in [1.54, 1.807) is 6.92 Å². The van der Waals surface area contributed by atoms with E-state index in [4.69, 9.17) is 4.74 Å². The maximum absolute atomic E-state index is 12.9. The van der Waals surface area contributed by atoms with Crippen LogP contribution in [-0.2, 0) is 16.1 Å². The number of aryl methyl sites for hydroxylation is 1. The van der Waals surface area contributed by atoms with Gasteiger partial charge < -0.3 is 20.1 Å². The summed E-state index contributed by atoms with van der Waals surface area (Å²) in [5.74, 6) is -1.34. The van der Waals surface area contributed by atoms with Gasteiger partial charge >= 0.3 is 12.1 Å². The molecule has 2 aliphatic rings. The fourth-order valence-electron chi connectivity index (χ4n) is 4.92. The van der Waals surface area contributed by atoms with Crippen LogP contribution in [-0.4, -0.2) is 52.2 Å². The zero-order chi connectivity index (χ0) is 24.5. The number of thiazole rings is 1. The van der Waals surface area contributed by atoms with Gasteiger partial charge in [-0.2, -0.15) is 0 Å². The fourth-order valence-corrected chi connectivity index (χ4v) is 5.88. The molecule has 8 nitrogen and oxygen atoms in total. The first kappa shape index (κ1) is 23.0. The predicted octanol–water partition coefficient (Wildman–Crippen LogP) is 4.18. The van der Waals surface area contributed by atoms with Gasteiger partial charge in [-0.3, -0.25) is 4.79 Å². The number of fused-ring (bicyclic) bond motifs is 3. The highest BCUT2D eigenvalue weighted by molar-refractivity contribution is 7.13. The zero-order valence-electron chi connectivity index (χ0n) is 19.2. The van der Waals surface area contributed by atoms with Gasteiger partial charge in [-0.25, -0.2) is 14.6 Å². The number of nitrogens with one attached hydrogen (secondary N) is 1. The largest absolute Gasteiger partial charge is 0.480 e. The summed E-state index contributed by atoms with van der Waals surface area (Å²) >= 11 is 1.17. The number of alkyl carbamates (subject to hydrolysis) is 1. The highest BCUT2D eigenvalue weighted by atomic mass is 32.1. The van der Waals surface area contributed by atoms with Gasteiger partial charge in [0.2, 0.25) is 0 Å². The number of likely N-dealkylation sites (tertiary alicyclic amines) is 1. The van der Waals surface area contributed by atoms with Gasteiger partial charge in [0.25, 0.3) is 5.91 Å². The van der Waals surface area contributed by atoms with Crippen LogP contribution in [0, 0.1) is 6.92 Å². The molecule has 5 rings (SSSR count). The first-order valence-corrected chi connectivity index (χ1v) is 12.3. The molecule has 9 heteroatoms. The second-order valence-corrected chi connectivity index (χ2v) is 9.78. The molecule has 0 saturated carbocycles. The number of ether oxygens (including phenoxy) is 1. The third-order valence-electron chi connectivity index (χ3n) is 6.56. The van der Waals surface area contributed by atoms with Crippen LogP contribution in [0.25, 0.3) is 11.1 Å². The minimum Gasteiger partial charge on any atom is -0.480 e. The molecular weight excluding hydrogens is 466 g/mol. The van der Waals surface area contributed by atoms with Crippen LogP contribution in [0.5, 0.6) is 0 Å². The number of aromatic nitrogens is 1. The number of benzene rings is 2. The molecule has 0 bridgehead atoms. The molecule has 2 heterocycles. The molecule has 2 amide bonds. The second-order valence-electron chi connectivity index (χ2n) is 8.70. The minimum atomic E-state index is -0.991. The standard InChI is InChI=1S/C26H25N3O5S/c1-15-23(24(30)29-12-6-11-21(29)25(31)32)35-22(28-15)13-27-26(33)34-14-20-18-9-4-2-7-16(18)17-8-3-5-10-19(17)20/h2-5,7-10,20-21H,6,11-14H2,1H3,(H,27,33)(H,31,32)/t21-/m0/s1. The molecule has 0 unspecified atom stereocenters. The van der Waals surface area contributed by atoms with E-state index in [1.165, 1.54) is 16.2 Å². The summed E-state index contributed by atoms with van der Waals surface area (Å²) in [4.78, 5) is 43.0. The van der Waals surface area contributed by atoms with Crippen LogP contribution >= 0.6 is 11.3 Å². The van der Waals surface area contributed by atoms with Crippen molar-refractivity contribution in [3.63, 3.8) is 0 Å². The molecule has 1 aliphatic heterocycles. The third-order valence-corrected chi connectivity index (χ3v) is 7.71. The Bertz CT molecular complexity index is 1260. The van der Waals surface area contributed by atoms with Crippen LogP contribution in [0.3, 0.4) is 0 Å². The van der Waals surface area contributed by atoms with E-state index < -0.39 is 18.1 Å². The predicted molar refractivity (Wildman–Crippen MR) is 130 cm³/mol. The van der Waals surface area contributed by atoms with Crippen LogP contribution in [0.1, 0.15) is 50.3 Å². The molecule has 0 radical (unpaired) electrons. The highest BCUT2D eigenvalue weighted by Gasteiger charge is 2.36. The van der Waals surface area contributed by atoms with E-state index in [2.05, 4.69) is 34.6 Å². The van der Waals surface area contributed by atoms with Gasteiger partial charge in [-0.05, 0) is 42.0 Å². The number of hydrogen-bond acceptors (Lipinski definition) is 6. The van der Waals surface area contributed by atoms with Gasteiger partial charge in [0, 0.05) is 12.5 Å². The highest BCUT2D eigenvalue weighted by Crippen LogP contribution is 2.44. The van der Waals surface area contributed by atoms with Crippen molar-refractivity contribution in [3.05, 3.63) is 75.2 Å². The molecule has 2 aromatic carbocycles. The summed E-state index contributed by atoms with van der Waals surface area (Å²) in [6.45, 7) is 2.47. The number of aliphatic carboxylic acids is 1. The summed E-state index contributed by atoms with van der Waals surface area (Å²) in [6, 6.07) is 15.5. The van der Waals surface area contributed by atoms with Crippen molar-refractivity contribution in [1.82, 2.24) is 15.2 Å². The molecule has 1 fully saturated rings. The monoisotopic (exact) mass is 491 g/mol. The van der Waals surface area contributed by atoms with Crippen LogP contribution in [0.4, 0.5) is 4.79 Å². The molecule has 1 atom stereocenters. The normalized spacial score (nSPS) is 16.6. The molecule has 1 aromatic heterocycles. The van der Waals surface area contributed by atoms with E-state index >= 15 is 0 Å². The van der Waals surface area contributed by atoms with Crippen molar-refractivity contribution < 1.29 is 24.2 Å². The second kappa shape index (κ2) is 9.50. The first-order valence-electron chi connectivity index (χ1n) is 11.5. The smallest absolute Gasteiger partial charge is 0.407 e. The molecule has 180 valence electrons. The summed E-state index contributed by atoms with van der Waals surface area (Å²) < 4.78 is 5.55. The topological polar surface area (TPSA) is 109 Å². The summed E-state index contributed by atoms with van der Waals surface area (Å²) in [5, 5.41) is 12.6. The number of carbonyl (C=O) groups is 3. The Labute approximate surface area is 206 Å². The fraction of sp³-hybridized carbons (Fsp3) is 0.308. The number of carboxylic acids is 1. The Hall–Kier alpha value is -3.72. The molecule has 1 saturated heterocycles. The van der Waals surface area contributed by atoms with Gasteiger partial charge in [-0.1, -0.05) is 48.5 Å². The van der Waals surface area contributed by atoms with Gasteiger partial charge in [0.05, 0.1) is 12.2 Å². The third kappa shape index (κ3) is 4.39. The van der Waals surface area contributed by atoms with Crippen molar-refractivity contribution in [3.8, 4) is 11.1 Å². The average molecular weight is 492 g/mol. The van der Waals surface area contributed by atoms with Crippen molar-refractivity contribution >= 4 is 29.3 Å². The maximum atomic E-state index is 12.9. The quantitative estimate of drug-likeness (QED) is 0.536. The Morgan fingerprint density at radius 1 is 1.11 bits per heavy atom. The van der Waals surface area contributed by atoms with Crippen LogP contribution < -0.4 is 5.32 Å². The van der Waals surface area contributed by atoms with E-state index in [0.29, 0.717) is 35.0 Å². The summed E-state index contributed by atoms with van der Waals surface area (Å²) in [6.07, 6.45) is 0.560. The van der Waals surface area contributed by atoms with E-state index in [9.17, 15) is 19.5 Å². The minimum absolute atomic E-state index is 0.0258. The number of amides is 2. The van der Waals surface area contributed by atoms with E-state index in [0.717, 1.165) is 22.3 Å². The lowest BCUT2D eigenvalue weighted by Crippen LogP contribution is -2.40. The molecule has 35 heavy (non-hydrogen) atoms. The average Bonchev–Trinajstić information content (AvgIpc) is 3.57. The molecular formula is C26H25N3O5S. The van der Waals surface area contributed by atoms with Crippen molar-refractivity contribution in [2.45, 2.75) is 38.3 Å². The molecule has 0 spiro atoms. The van der Waals surface area contributed by atoms with E-state index in [1.807, 2.05) is 24.3 Å².